The Bertz CT molecular complexity index is 658. The van der Waals surface area contributed by atoms with E-state index in [2.05, 4.69) is 10.0 Å². The van der Waals surface area contributed by atoms with Gasteiger partial charge in [-0.15, -0.1) is 11.3 Å². The largest absolute Gasteiger partial charge is 0.310 e. The van der Waals surface area contributed by atoms with Crippen LogP contribution in [0.3, 0.4) is 0 Å². The number of thiophene rings is 2. The van der Waals surface area contributed by atoms with Crippen molar-refractivity contribution in [3.05, 3.63) is 39.4 Å². The van der Waals surface area contributed by atoms with E-state index >= 15 is 0 Å². The Balaban J connectivity index is 1.61. The summed E-state index contributed by atoms with van der Waals surface area (Å²) in [5.74, 6) is 0. The lowest BCUT2D eigenvalue weighted by Gasteiger charge is -2.03. The zero-order chi connectivity index (χ0) is 14.0. The minimum Gasteiger partial charge on any atom is -0.310 e. The second-order valence-electron chi connectivity index (χ2n) is 4.89. The van der Waals surface area contributed by atoms with Crippen LogP contribution in [0.4, 0.5) is 0 Å². The first-order valence-electron chi connectivity index (χ1n) is 6.45. The van der Waals surface area contributed by atoms with Gasteiger partial charge in [0, 0.05) is 19.1 Å². The third-order valence-electron chi connectivity index (χ3n) is 3.11. The quantitative estimate of drug-likeness (QED) is 0.821. The Morgan fingerprint density at radius 3 is 2.75 bits per heavy atom. The molecule has 2 aromatic rings. The highest BCUT2D eigenvalue weighted by Gasteiger charge is 2.21. The summed E-state index contributed by atoms with van der Waals surface area (Å²) in [7, 11) is -3.39. The predicted octanol–water partition coefficient (Wildman–Crippen LogP) is 2.54. The highest BCUT2D eigenvalue weighted by molar-refractivity contribution is 7.91. The molecule has 0 spiro atoms. The van der Waals surface area contributed by atoms with Crippen molar-refractivity contribution in [1.82, 2.24) is 10.0 Å². The van der Waals surface area contributed by atoms with Gasteiger partial charge in [0.05, 0.1) is 0 Å². The van der Waals surface area contributed by atoms with Crippen molar-refractivity contribution >= 4 is 32.7 Å². The van der Waals surface area contributed by atoms with Gasteiger partial charge in [-0.2, -0.15) is 11.3 Å². The molecule has 3 rings (SSSR count). The summed E-state index contributed by atoms with van der Waals surface area (Å²) in [6.07, 6.45) is 2.47. The molecule has 20 heavy (non-hydrogen) atoms. The van der Waals surface area contributed by atoms with E-state index in [1.54, 1.807) is 17.4 Å². The van der Waals surface area contributed by atoms with Gasteiger partial charge in [0.25, 0.3) is 0 Å². The summed E-state index contributed by atoms with van der Waals surface area (Å²) in [6.45, 7) is 1.10. The van der Waals surface area contributed by atoms with E-state index in [0.29, 0.717) is 16.8 Å². The molecule has 0 aliphatic heterocycles. The lowest BCUT2D eigenvalue weighted by Crippen LogP contribution is -2.22. The molecule has 0 atom stereocenters. The molecule has 1 aliphatic rings. The number of nitrogens with one attached hydrogen (secondary N) is 2. The molecule has 0 saturated heterocycles. The summed E-state index contributed by atoms with van der Waals surface area (Å²) < 4.78 is 27.4. The van der Waals surface area contributed by atoms with Crippen LogP contribution in [0, 0.1) is 0 Å². The van der Waals surface area contributed by atoms with E-state index in [-0.39, 0.29) is 0 Å². The maximum atomic E-state index is 12.2. The molecule has 0 aromatic carbocycles. The highest BCUT2D eigenvalue weighted by atomic mass is 32.2. The van der Waals surface area contributed by atoms with Gasteiger partial charge in [-0.05, 0) is 52.2 Å². The molecule has 0 amide bonds. The molecule has 4 nitrogen and oxygen atoms in total. The molecule has 1 aliphatic carbocycles. The monoisotopic (exact) mass is 328 g/mol. The molecular formula is C13H16N2O2S3. The first-order valence-corrected chi connectivity index (χ1v) is 9.75. The number of hydrogen-bond donors (Lipinski definition) is 2. The maximum Gasteiger partial charge on any atom is 0.250 e. The zero-order valence-electron chi connectivity index (χ0n) is 10.8. The van der Waals surface area contributed by atoms with Gasteiger partial charge in [-0.3, -0.25) is 0 Å². The normalized spacial score (nSPS) is 15.6. The summed E-state index contributed by atoms with van der Waals surface area (Å²) in [5, 5.41) is 9.18. The van der Waals surface area contributed by atoms with Gasteiger partial charge in [0.15, 0.2) is 0 Å². The summed E-state index contributed by atoms with van der Waals surface area (Å²) >= 11 is 2.84. The van der Waals surface area contributed by atoms with Crippen LogP contribution in [0.1, 0.15) is 24.0 Å². The SMILES string of the molecule is O=S(=O)(NCc1ccsc1)c1cc(CNC2CC2)cs1. The van der Waals surface area contributed by atoms with Crippen molar-refractivity contribution in [2.75, 3.05) is 0 Å². The predicted molar refractivity (Wildman–Crippen MR) is 82.5 cm³/mol. The van der Waals surface area contributed by atoms with Crippen LogP contribution < -0.4 is 10.0 Å². The maximum absolute atomic E-state index is 12.2. The van der Waals surface area contributed by atoms with Gasteiger partial charge in [0.1, 0.15) is 4.21 Å². The van der Waals surface area contributed by atoms with Crippen LogP contribution >= 0.6 is 22.7 Å². The van der Waals surface area contributed by atoms with Crippen LogP contribution in [-0.2, 0) is 23.1 Å². The van der Waals surface area contributed by atoms with Gasteiger partial charge >= 0.3 is 0 Å². The van der Waals surface area contributed by atoms with Crippen molar-refractivity contribution < 1.29 is 8.42 Å². The fourth-order valence-corrected chi connectivity index (χ4v) is 4.72. The van der Waals surface area contributed by atoms with Crippen molar-refractivity contribution in [3.63, 3.8) is 0 Å². The third kappa shape index (κ3) is 3.67. The van der Waals surface area contributed by atoms with Gasteiger partial charge < -0.3 is 5.32 Å². The fourth-order valence-electron chi connectivity index (χ4n) is 1.78. The molecule has 1 fully saturated rings. The molecule has 2 heterocycles. The van der Waals surface area contributed by atoms with Crippen LogP contribution in [0.25, 0.3) is 0 Å². The minimum absolute atomic E-state index is 0.347. The lowest BCUT2D eigenvalue weighted by molar-refractivity contribution is 0.583. The standard InChI is InChI=1S/C13H16N2O2S3/c16-20(17,15-7-10-3-4-18-8-10)13-5-11(9-19-13)6-14-12-1-2-12/h3-5,8-9,12,14-15H,1-2,6-7H2. The summed E-state index contributed by atoms with van der Waals surface area (Å²) in [5.41, 5.74) is 2.03. The van der Waals surface area contributed by atoms with Crippen LogP contribution in [0.15, 0.2) is 32.5 Å². The molecule has 2 N–H and O–H groups in total. The summed E-state index contributed by atoms with van der Waals surface area (Å²) in [4.78, 5) is 0. The fraction of sp³-hybridized carbons (Fsp3) is 0.385. The Kier molecular flexibility index (Phi) is 4.23. The Morgan fingerprint density at radius 1 is 1.20 bits per heavy atom. The zero-order valence-corrected chi connectivity index (χ0v) is 13.3. The van der Waals surface area contributed by atoms with Gasteiger partial charge in [-0.1, -0.05) is 0 Å². The van der Waals surface area contributed by atoms with Crippen molar-refractivity contribution in [2.24, 2.45) is 0 Å². The van der Waals surface area contributed by atoms with Crippen LogP contribution in [-0.4, -0.2) is 14.5 Å². The Hall–Kier alpha value is -0.730. The van der Waals surface area contributed by atoms with E-state index in [4.69, 9.17) is 0 Å². The minimum atomic E-state index is -3.39. The molecule has 0 unspecified atom stereocenters. The number of sulfonamides is 1. The highest BCUT2D eigenvalue weighted by Crippen LogP contribution is 2.23. The molecule has 0 bridgehead atoms. The average Bonchev–Trinajstić information content (AvgIpc) is 2.94. The third-order valence-corrected chi connectivity index (χ3v) is 6.73. The van der Waals surface area contributed by atoms with E-state index in [9.17, 15) is 8.42 Å². The molecule has 1 saturated carbocycles. The average molecular weight is 328 g/mol. The Morgan fingerprint density at radius 2 is 2.05 bits per heavy atom. The van der Waals surface area contributed by atoms with Crippen molar-refractivity contribution in [1.29, 1.82) is 0 Å². The van der Waals surface area contributed by atoms with E-state index in [0.717, 1.165) is 17.7 Å². The van der Waals surface area contributed by atoms with Crippen LogP contribution in [0.2, 0.25) is 0 Å². The number of rotatable bonds is 7. The van der Waals surface area contributed by atoms with E-state index in [1.165, 1.54) is 24.2 Å². The van der Waals surface area contributed by atoms with E-state index < -0.39 is 10.0 Å². The first-order chi connectivity index (χ1) is 9.63. The second kappa shape index (κ2) is 5.95. The Labute approximate surface area is 126 Å². The van der Waals surface area contributed by atoms with Crippen molar-refractivity contribution in [2.45, 2.75) is 36.2 Å². The lowest BCUT2D eigenvalue weighted by atomic mass is 10.3. The second-order valence-corrected chi connectivity index (χ2v) is 8.57. The molecule has 7 heteroatoms. The van der Waals surface area contributed by atoms with Gasteiger partial charge in [-0.25, -0.2) is 13.1 Å². The van der Waals surface area contributed by atoms with Crippen molar-refractivity contribution in [3.8, 4) is 0 Å². The molecular weight excluding hydrogens is 312 g/mol. The molecule has 2 aromatic heterocycles. The molecule has 0 radical (unpaired) electrons. The smallest absolute Gasteiger partial charge is 0.250 e. The van der Waals surface area contributed by atoms with Gasteiger partial charge in [0.2, 0.25) is 10.0 Å². The van der Waals surface area contributed by atoms with E-state index in [1.807, 2.05) is 22.2 Å². The summed E-state index contributed by atoms with van der Waals surface area (Å²) in [6, 6.07) is 4.31. The first kappa shape index (κ1) is 14.2. The van der Waals surface area contributed by atoms with Crippen LogP contribution in [0.5, 0.6) is 0 Å². The topological polar surface area (TPSA) is 58.2 Å². The molecule has 108 valence electrons. The number of hydrogen-bond acceptors (Lipinski definition) is 5.